The second-order valence-corrected chi connectivity index (χ2v) is 6.07. The van der Waals surface area contributed by atoms with E-state index in [9.17, 15) is 19.2 Å². The topological polar surface area (TPSA) is 154 Å². The van der Waals surface area contributed by atoms with Crippen molar-refractivity contribution < 1.29 is 42.5 Å². The summed E-state index contributed by atoms with van der Waals surface area (Å²) in [5.74, 6) is -0.985. The number of rotatable bonds is 10. The van der Waals surface area contributed by atoms with Crippen molar-refractivity contribution in [3.63, 3.8) is 0 Å². The first-order valence-electron chi connectivity index (χ1n) is 9.21. The Morgan fingerprint density at radius 1 is 0.969 bits per heavy atom. The van der Waals surface area contributed by atoms with Gasteiger partial charge in [0.25, 0.3) is 11.8 Å². The van der Waals surface area contributed by atoms with E-state index in [2.05, 4.69) is 10.6 Å². The summed E-state index contributed by atoms with van der Waals surface area (Å²) in [6.07, 6.45) is 1.44. The van der Waals surface area contributed by atoms with Crippen LogP contribution in [0.15, 0.2) is 34.9 Å². The van der Waals surface area contributed by atoms with Crippen molar-refractivity contribution in [1.29, 1.82) is 0 Å². The van der Waals surface area contributed by atoms with Gasteiger partial charge in [-0.25, -0.2) is 4.79 Å². The van der Waals surface area contributed by atoms with Gasteiger partial charge in [0.05, 0.1) is 34.1 Å². The summed E-state index contributed by atoms with van der Waals surface area (Å²) in [6.45, 7) is -1.13. The number of nitrogens with one attached hydrogen (secondary N) is 3. The van der Waals surface area contributed by atoms with Crippen molar-refractivity contribution >= 4 is 23.8 Å². The molecule has 2 rings (SSSR count). The van der Waals surface area contributed by atoms with Gasteiger partial charge in [-0.3, -0.25) is 19.7 Å². The van der Waals surface area contributed by atoms with Crippen LogP contribution >= 0.6 is 0 Å². The molecule has 0 fully saturated rings. The minimum absolute atomic E-state index is 0.0822. The van der Waals surface area contributed by atoms with Crippen LogP contribution in [0.5, 0.6) is 17.2 Å². The molecule has 0 bridgehead atoms. The molecular formula is C20H23N3O9. The number of furan rings is 1. The number of imide groups is 1. The molecule has 0 saturated carbocycles. The normalized spacial score (nSPS) is 9.97. The highest BCUT2D eigenvalue weighted by Gasteiger charge is 2.18. The molecule has 2 aromatic rings. The van der Waals surface area contributed by atoms with Crippen LogP contribution in [0.3, 0.4) is 0 Å². The van der Waals surface area contributed by atoms with Crippen molar-refractivity contribution in [3.8, 4) is 17.2 Å². The Balaban J connectivity index is 1.77. The molecule has 0 aliphatic heterocycles. The van der Waals surface area contributed by atoms with Crippen molar-refractivity contribution in [2.75, 3.05) is 34.5 Å². The van der Waals surface area contributed by atoms with E-state index in [4.69, 9.17) is 23.4 Å². The van der Waals surface area contributed by atoms with E-state index >= 15 is 0 Å². The van der Waals surface area contributed by atoms with Crippen LogP contribution in [0.1, 0.15) is 16.1 Å². The number of ether oxygens (including phenoxy) is 4. The van der Waals surface area contributed by atoms with Gasteiger partial charge in [-0.1, -0.05) is 0 Å². The summed E-state index contributed by atoms with van der Waals surface area (Å²) in [5.41, 5.74) is 0.151. The maximum absolute atomic E-state index is 12.3. The lowest BCUT2D eigenvalue weighted by Gasteiger charge is -2.14. The smallest absolute Gasteiger partial charge is 0.325 e. The Morgan fingerprint density at radius 2 is 1.66 bits per heavy atom. The lowest BCUT2D eigenvalue weighted by molar-refractivity contribution is -0.147. The third-order valence-electron chi connectivity index (χ3n) is 3.94. The number of urea groups is 1. The van der Waals surface area contributed by atoms with Crippen molar-refractivity contribution in [3.05, 3.63) is 41.9 Å². The molecule has 32 heavy (non-hydrogen) atoms. The van der Waals surface area contributed by atoms with Gasteiger partial charge in [-0.15, -0.1) is 0 Å². The summed E-state index contributed by atoms with van der Waals surface area (Å²) in [4.78, 5) is 47.4. The lowest BCUT2D eigenvalue weighted by Crippen LogP contribution is -2.41. The zero-order valence-corrected chi connectivity index (χ0v) is 17.7. The summed E-state index contributed by atoms with van der Waals surface area (Å²) in [6, 6.07) is 5.35. The van der Waals surface area contributed by atoms with Gasteiger partial charge < -0.3 is 34.0 Å². The largest absolute Gasteiger partial charge is 0.493 e. The number of hydrogen-bond acceptors (Lipinski definition) is 9. The van der Waals surface area contributed by atoms with Gasteiger partial charge in [0.1, 0.15) is 12.3 Å². The second kappa shape index (κ2) is 11.8. The minimum atomic E-state index is -0.878. The van der Waals surface area contributed by atoms with Gasteiger partial charge in [0.2, 0.25) is 5.75 Å². The molecule has 0 aliphatic carbocycles. The number of methoxy groups -OCH3 is 3. The molecule has 3 N–H and O–H groups in total. The number of benzene rings is 1. The Hall–Kier alpha value is -4.22. The molecule has 1 aromatic heterocycles. The maximum Gasteiger partial charge on any atom is 0.325 e. The van der Waals surface area contributed by atoms with E-state index in [0.717, 1.165) is 0 Å². The predicted octanol–water partition coefficient (Wildman–Crippen LogP) is 0.604. The molecule has 1 aromatic carbocycles. The molecule has 1 heterocycles. The Morgan fingerprint density at radius 3 is 2.22 bits per heavy atom. The quantitative estimate of drug-likeness (QED) is 0.442. The van der Waals surface area contributed by atoms with Crippen LogP contribution < -0.4 is 30.2 Å². The zero-order valence-electron chi connectivity index (χ0n) is 17.7. The highest BCUT2D eigenvalue weighted by molar-refractivity contribution is 5.98. The van der Waals surface area contributed by atoms with Gasteiger partial charge >= 0.3 is 12.0 Å². The number of amides is 4. The molecule has 0 spiro atoms. The van der Waals surface area contributed by atoms with Crippen LogP contribution in [0, 0.1) is 0 Å². The van der Waals surface area contributed by atoms with E-state index in [1.807, 2.05) is 5.32 Å². The maximum atomic E-state index is 12.3. The molecular weight excluding hydrogens is 426 g/mol. The first-order valence-corrected chi connectivity index (χ1v) is 9.21. The molecule has 0 atom stereocenters. The van der Waals surface area contributed by atoms with Gasteiger partial charge in [-0.05, 0) is 24.3 Å². The fourth-order valence-corrected chi connectivity index (χ4v) is 2.45. The summed E-state index contributed by atoms with van der Waals surface area (Å²) in [5, 5.41) is 6.74. The van der Waals surface area contributed by atoms with E-state index in [0.29, 0.717) is 11.5 Å². The Labute approximate surface area is 183 Å². The Bertz CT molecular complexity index is 932. The van der Waals surface area contributed by atoms with Gasteiger partial charge in [0, 0.05) is 5.56 Å². The highest BCUT2D eigenvalue weighted by Crippen LogP contribution is 2.38. The molecule has 12 nitrogen and oxygen atoms in total. The van der Waals surface area contributed by atoms with Gasteiger partial charge in [-0.2, -0.15) is 0 Å². The standard InChI is InChI=1S/C20H23N3O9/c1-28-14-7-12(8-15(29-2)18(14)30-3)19(26)21-10-17(25)32-11-16(24)23-20(27)22-9-13-5-4-6-31-13/h4-8H,9-11H2,1-3H3,(H,21,26)(H2,22,23,24,27). The summed E-state index contributed by atoms with van der Waals surface area (Å²) in [7, 11) is 4.23. The zero-order chi connectivity index (χ0) is 23.5. The second-order valence-electron chi connectivity index (χ2n) is 6.07. The molecule has 0 unspecified atom stereocenters. The van der Waals surface area contributed by atoms with Crippen LogP contribution in [-0.2, 0) is 20.9 Å². The van der Waals surface area contributed by atoms with Crippen LogP contribution in [0.25, 0.3) is 0 Å². The fraction of sp³-hybridized carbons (Fsp3) is 0.300. The van der Waals surface area contributed by atoms with E-state index < -0.39 is 37.0 Å². The predicted molar refractivity (Wildman–Crippen MR) is 108 cm³/mol. The summed E-state index contributed by atoms with van der Waals surface area (Å²) < 4.78 is 25.3. The first kappa shape index (κ1) is 24.1. The molecule has 0 saturated heterocycles. The van der Waals surface area contributed by atoms with Gasteiger partial charge in [0.15, 0.2) is 18.1 Å². The highest BCUT2D eigenvalue weighted by atomic mass is 16.5. The first-order chi connectivity index (χ1) is 15.4. The number of hydrogen-bond donors (Lipinski definition) is 3. The number of carbonyl (C=O) groups excluding carboxylic acids is 4. The Kier molecular flexibility index (Phi) is 8.90. The van der Waals surface area contributed by atoms with E-state index in [-0.39, 0.29) is 23.6 Å². The number of carbonyl (C=O) groups is 4. The third kappa shape index (κ3) is 6.93. The fourth-order valence-electron chi connectivity index (χ4n) is 2.45. The monoisotopic (exact) mass is 449 g/mol. The third-order valence-corrected chi connectivity index (χ3v) is 3.94. The summed E-state index contributed by atoms with van der Waals surface area (Å²) >= 11 is 0. The van der Waals surface area contributed by atoms with Crippen LogP contribution in [0.4, 0.5) is 4.79 Å². The molecule has 4 amide bonds. The average Bonchev–Trinajstić information content (AvgIpc) is 3.32. The molecule has 0 aliphatic rings. The molecule has 12 heteroatoms. The average molecular weight is 449 g/mol. The van der Waals surface area contributed by atoms with Crippen LogP contribution in [-0.4, -0.2) is 58.3 Å². The number of esters is 1. The lowest BCUT2D eigenvalue weighted by atomic mass is 10.1. The molecule has 0 radical (unpaired) electrons. The van der Waals surface area contributed by atoms with E-state index in [1.165, 1.54) is 39.7 Å². The van der Waals surface area contributed by atoms with E-state index in [1.54, 1.807) is 12.1 Å². The minimum Gasteiger partial charge on any atom is -0.493 e. The molecule has 172 valence electrons. The van der Waals surface area contributed by atoms with Crippen molar-refractivity contribution in [2.45, 2.75) is 6.54 Å². The van der Waals surface area contributed by atoms with Crippen LogP contribution in [0.2, 0.25) is 0 Å². The van der Waals surface area contributed by atoms with Crippen molar-refractivity contribution in [1.82, 2.24) is 16.0 Å². The van der Waals surface area contributed by atoms with Crippen molar-refractivity contribution in [2.24, 2.45) is 0 Å². The SMILES string of the molecule is COc1cc(C(=O)NCC(=O)OCC(=O)NC(=O)NCc2ccco2)cc(OC)c1OC.